The van der Waals surface area contributed by atoms with Crippen LogP contribution in [0.25, 0.3) is 0 Å². The Morgan fingerprint density at radius 2 is 1.77 bits per heavy atom. The normalized spacial score (nSPS) is 17.6. The van der Waals surface area contributed by atoms with Crippen LogP contribution in [0.1, 0.15) is 6.42 Å². The molecule has 1 aliphatic heterocycles. The van der Waals surface area contributed by atoms with Gasteiger partial charge in [-0.3, -0.25) is 9.59 Å². The van der Waals surface area contributed by atoms with Crippen LogP contribution in [0, 0.1) is 11.7 Å². The summed E-state index contributed by atoms with van der Waals surface area (Å²) >= 11 is 0. The Morgan fingerprint density at radius 1 is 1.09 bits per heavy atom. The zero-order valence-corrected chi connectivity index (χ0v) is 11.8. The van der Waals surface area contributed by atoms with Gasteiger partial charge in [-0.15, -0.1) is 0 Å². The lowest BCUT2D eigenvalue weighted by atomic mass is 10.1. The number of nitrogens with one attached hydrogen (secondary N) is 1. The smallest absolute Gasteiger partial charge is 0.229 e. The molecular weight excluding hydrogens is 283 g/mol. The standard InChI is InChI=1S/C17H15FN2O2/c18-13-6-8-14(9-7-13)19-17(22)12-10-16(21)20(11-12)15-4-2-1-3-5-15/h1-9,12H,10-11H2,(H,19,22). The van der Waals surface area contributed by atoms with Gasteiger partial charge in [0.15, 0.2) is 0 Å². The summed E-state index contributed by atoms with van der Waals surface area (Å²) in [7, 11) is 0. The minimum absolute atomic E-state index is 0.0644. The van der Waals surface area contributed by atoms with E-state index >= 15 is 0 Å². The van der Waals surface area contributed by atoms with Crippen molar-refractivity contribution >= 4 is 23.2 Å². The van der Waals surface area contributed by atoms with Crippen molar-refractivity contribution in [3.05, 3.63) is 60.4 Å². The van der Waals surface area contributed by atoms with Gasteiger partial charge in [-0.1, -0.05) is 18.2 Å². The highest BCUT2D eigenvalue weighted by Crippen LogP contribution is 2.25. The van der Waals surface area contributed by atoms with E-state index in [1.807, 2.05) is 30.3 Å². The first-order valence-electron chi connectivity index (χ1n) is 7.05. The highest BCUT2D eigenvalue weighted by Gasteiger charge is 2.35. The second kappa shape index (κ2) is 5.97. The van der Waals surface area contributed by atoms with E-state index in [0.29, 0.717) is 12.2 Å². The van der Waals surface area contributed by atoms with E-state index in [4.69, 9.17) is 0 Å². The Bertz CT molecular complexity index is 686. The second-order valence-electron chi connectivity index (χ2n) is 5.24. The van der Waals surface area contributed by atoms with Gasteiger partial charge in [-0.05, 0) is 36.4 Å². The summed E-state index contributed by atoms with van der Waals surface area (Å²) in [6.45, 7) is 0.357. The van der Waals surface area contributed by atoms with E-state index in [-0.39, 0.29) is 24.1 Å². The zero-order valence-electron chi connectivity index (χ0n) is 11.8. The quantitative estimate of drug-likeness (QED) is 0.947. The van der Waals surface area contributed by atoms with Crippen molar-refractivity contribution in [3.63, 3.8) is 0 Å². The monoisotopic (exact) mass is 298 g/mol. The van der Waals surface area contributed by atoms with Gasteiger partial charge in [0.05, 0.1) is 5.92 Å². The molecule has 1 heterocycles. The average Bonchev–Trinajstić information content (AvgIpc) is 2.92. The Morgan fingerprint density at radius 3 is 2.45 bits per heavy atom. The summed E-state index contributed by atoms with van der Waals surface area (Å²) in [5.74, 6) is -1.05. The van der Waals surface area contributed by atoms with Crippen LogP contribution in [0.4, 0.5) is 15.8 Å². The van der Waals surface area contributed by atoms with Crippen LogP contribution in [0.3, 0.4) is 0 Å². The van der Waals surface area contributed by atoms with E-state index in [9.17, 15) is 14.0 Å². The first-order valence-corrected chi connectivity index (χ1v) is 7.05. The predicted molar refractivity (Wildman–Crippen MR) is 81.9 cm³/mol. The molecule has 1 fully saturated rings. The molecule has 1 aliphatic rings. The van der Waals surface area contributed by atoms with Crippen molar-refractivity contribution in [2.45, 2.75) is 6.42 Å². The van der Waals surface area contributed by atoms with Gasteiger partial charge >= 0.3 is 0 Å². The molecule has 4 nitrogen and oxygen atoms in total. The fourth-order valence-corrected chi connectivity index (χ4v) is 2.52. The topological polar surface area (TPSA) is 49.4 Å². The minimum atomic E-state index is -0.405. The molecule has 0 radical (unpaired) electrons. The van der Waals surface area contributed by atoms with E-state index in [2.05, 4.69) is 5.32 Å². The first kappa shape index (κ1) is 14.3. The lowest BCUT2D eigenvalue weighted by molar-refractivity contribution is -0.122. The number of amides is 2. The van der Waals surface area contributed by atoms with E-state index in [1.165, 1.54) is 24.3 Å². The highest BCUT2D eigenvalue weighted by molar-refractivity contribution is 6.03. The summed E-state index contributed by atoms with van der Waals surface area (Å²) in [6, 6.07) is 14.8. The van der Waals surface area contributed by atoms with Crippen molar-refractivity contribution < 1.29 is 14.0 Å². The van der Waals surface area contributed by atoms with E-state index < -0.39 is 5.92 Å². The van der Waals surface area contributed by atoms with Gasteiger partial charge in [0.25, 0.3) is 0 Å². The molecule has 2 amide bonds. The Hall–Kier alpha value is -2.69. The van der Waals surface area contributed by atoms with Crippen LogP contribution in [0.5, 0.6) is 0 Å². The third-order valence-electron chi connectivity index (χ3n) is 3.68. The lowest BCUT2D eigenvalue weighted by Crippen LogP contribution is -2.28. The number of anilines is 2. The summed E-state index contributed by atoms with van der Waals surface area (Å²) in [5, 5.41) is 2.72. The van der Waals surface area contributed by atoms with Crippen LogP contribution in [0.2, 0.25) is 0 Å². The predicted octanol–water partition coefficient (Wildman–Crippen LogP) is 2.82. The summed E-state index contributed by atoms with van der Waals surface area (Å²) in [4.78, 5) is 25.9. The van der Waals surface area contributed by atoms with E-state index in [1.54, 1.807) is 4.90 Å². The molecule has 1 saturated heterocycles. The molecule has 5 heteroatoms. The number of halogens is 1. The molecule has 0 spiro atoms. The van der Waals surface area contributed by atoms with E-state index in [0.717, 1.165) is 5.69 Å². The molecule has 0 aromatic heterocycles. The molecule has 3 rings (SSSR count). The van der Waals surface area contributed by atoms with Crippen molar-refractivity contribution in [2.75, 3.05) is 16.8 Å². The molecule has 0 bridgehead atoms. The summed E-state index contributed by atoms with van der Waals surface area (Å²) in [6.07, 6.45) is 0.182. The van der Waals surface area contributed by atoms with Crippen LogP contribution in [0.15, 0.2) is 54.6 Å². The molecule has 0 aliphatic carbocycles. The second-order valence-corrected chi connectivity index (χ2v) is 5.24. The molecule has 2 aromatic carbocycles. The van der Waals surface area contributed by atoms with Gasteiger partial charge in [0, 0.05) is 24.3 Å². The summed E-state index contributed by atoms with van der Waals surface area (Å²) in [5.41, 5.74) is 1.32. The number of nitrogens with zero attached hydrogens (tertiary/aromatic N) is 1. The Balaban J connectivity index is 1.67. The lowest BCUT2D eigenvalue weighted by Gasteiger charge is -2.16. The van der Waals surface area contributed by atoms with Crippen molar-refractivity contribution in [1.29, 1.82) is 0 Å². The van der Waals surface area contributed by atoms with Crippen LogP contribution in [-0.4, -0.2) is 18.4 Å². The molecule has 0 saturated carbocycles. The molecular formula is C17H15FN2O2. The minimum Gasteiger partial charge on any atom is -0.326 e. The molecule has 1 unspecified atom stereocenters. The number of hydrogen-bond donors (Lipinski definition) is 1. The van der Waals surface area contributed by atoms with Crippen molar-refractivity contribution in [1.82, 2.24) is 0 Å². The molecule has 2 aromatic rings. The maximum absolute atomic E-state index is 12.9. The molecule has 22 heavy (non-hydrogen) atoms. The first-order chi connectivity index (χ1) is 10.6. The van der Waals surface area contributed by atoms with Gasteiger partial charge < -0.3 is 10.2 Å². The van der Waals surface area contributed by atoms with Gasteiger partial charge in [0.1, 0.15) is 5.82 Å². The highest BCUT2D eigenvalue weighted by atomic mass is 19.1. The van der Waals surface area contributed by atoms with Crippen LogP contribution < -0.4 is 10.2 Å². The number of para-hydroxylation sites is 1. The fraction of sp³-hybridized carbons (Fsp3) is 0.176. The van der Waals surface area contributed by atoms with Crippen LogP contribution >= 0.6 is 0 Å². The number of carbonyl (C=O) groups is 2. The molecule has 1 atom stereocenters. The Labute approximate surface area is 127 Å². The maximum Gasteiger partial charge on any atom is 0.229 e. The van der Waals surface area contributed by atoms with Crippen LogP contribution in [-0.2, 0) is 9.59 Å². The molecule has 1 N–H and O–H groups in total. The molecule has 112 valence electrons. The zero-order chi connectivity index (χ0) is 15.5. The van der Waals surface area contributed by atoms with Crippen molar-refractivity contribution in [2.24, 2.45) is 5.92 Å². The largest absolute Gasteiger partial charge is 0.326 e. The average molecular weight is 298 g/mol. The fourth-order valence-electron chi connectivity index (χ4n) is 2.52. The Kier molecular flexibility index (Phi) is 3.87. The third-order valence-corrected chi connectivity index (χ3v) is 3.68. The number of rotatable bonds is 3. The maximum atomic E-state index is 12.9. The number of benzene rings is 2. The summed E-state index contributed by atoms with van der Waals surface area (Å²) < 4.78 is 12.9. The SMILES string of the molecule is O=C(Nc1ccc(F)cc1)C1CC(=O)N(c2ccccc2)C1. The number of carbonyl (C=O) groups excluding carboxylic acids is 2. The van der Waals surface area contributed by atoms with Gasteiger partial charge in [-0.2, -0.15) is 0 Å². The van der Waals surface area contributed by atoms with Gasteiger partial charge in [-0.25, -0.2) is 4.39 Å². The van der Waals surface area contributed by atoms with Crippen molar-refractivity contribution in [3.8, 4) is 0 Å². The third kappa shape index (κ3) is 2.98. The van der Waals surface area contributed by atoms with Gasteiger partial charge in [0.2, 0.25) is 11.8 Å². The number of hydrogen-bond acceptors (Lipinski definition) is 2.